The lowest BCUT2D eigenvalue weighted by Gasteiger charge is -2.37. The third-order valence-electron chi connectivity index (χ3n) is 5.28. The largest absolute Gasteiger partial charge is 0.503 e. The van der Waals surface area contributed by atoms with Crippen LogP contribution in [0.4, 0.5) is 5.69 Å². The van der Waals surface area contributed by atoms with Crippen molar-refractivity contribution in [3.05, 3.63) is 52.2 Å². The number of rotatable bonds is 4. The molecule has 2 heterocycles. The molecule has 0 aliphatic carbocycles. The lowest BCUT2D eigenvalue weighted by Crippen LogP contribution is -2.48. The molecule has 2 aliphatic rings. The van der Waals surface area contributed by atoms with Crippen molar-refractivity contribution in [1.29, 1.82) is 0 Å². The number of nitrogens with one attached hydrogen (secondary N) is 1. The number of anilines is 1. The molecule has 4 rings (SSSR count). The van der Waals surface area contributed by atoms with Gasteiger partial charge in [-0.25, -0.2) is 4.79 Å². The number of fused-ring (bicyclic) bond motifs is 1. The molecule has 0 radical (unpaired) electrons. The van der Waals surface area contributed by atoms with Gasteiger partial charge in [0, 0.05) is 11.8 Å². The first-order chi connectivity index (χ1) is 15.3. The lowest BCUT2D eigenvalue weighted by molar-refractivity contribution is -0.136. The number of aromatic hydroxyl groups is 1. The first kappa shape index (κ1) is 22.0. The maximum atomic E-state index is 12.8. The van der Waals surface area contributed by atoms with Crippen molar-refractivity contribution in [2.45, 2.75) is 13.0 Å². The van der Waals surface area contributed by atoms with Crippen LogP contribution in [0.3, 0.4) is 0 Å². The number of allylic oxidation sites excluding steroid dienone is 1. The van der Waals surface area contributed by atoms with E-state index < -0.39 is 12.0 Å². The van der Waals surface area contributed by atoms with Crippen molar-refractivity contribution in [1.82, 2.24) is 5.32 Å². The number of hydrogen-bond acceptors (Lipinski definition) is 7. The van der Waals surface area contributed by atoms with Gasteiger partial charge in [0.25, 0.3) is 0 Å². The van der Waals surface area contributed by atoms with Gasteiger partial charge >= 0.3 is 5.97 Å². The SMILES string of the molecule is COC(=O)C1=C(C)N(c2ccc3c(c2)OCCO3)C(=S)N[C@H]1c1cc(Cl)c(O)c(OC)c1. The highest BCUT2D eigenvalue weighted by molar-refractivity contribution is 7.80. The van der Waals surface area contributed by atoms with Crippen LogP contribution in [0.2, 0.25) is 5.02 Å². The second-order valence-corrected chi connectivity index (χ2v) is 7.88. The van der Waals surface area contributed by atoms with Crippen LogP contribution in [0.15, 0.2) is 41.6 Å². The Morgan fingerprint density at radius 1 is 1.22 bits per heavy atom. The Hall–Kier alpha value is -3.17. The number of carbonyl (C=O) groups is 1. The summed E-state index contributed by atoms with van der Waals surface area (Å²) in [5, 5.41) is 13.7. The predicted octanol–water partition coefficient (Wildman–Crippen LogP) is 3.71. The monoisotopic (exact) mass is 476 g/mol. The van der Waals surface area contributed by atoms with E-state index in [0.717, 1.165) is 0 Å². The van der Waals surface area contributed by atoms with Crippen molar-refractivity contribution < 1.29 is 28.8 Å². The second-order valence-electron chi connectivity index (χ2n) is 7.09. The van der Waals surface area contributed by atoms with Gasteiger partial charge in [0.1, 0.15) is 13.2 Å². The summed E-state index contributed by atoms with van der Waals surface area (Å²) in [6.45, 7) is 2.72. The van der Waals surface area contributed by atoms with Crippen molar-refractivity contribution in [3.8, 4) is 23.0 Å². The molecule has 2 N–H and O–H groups in total. The standard InChI is InChI=1S/C22H21ClN2O6S/c1-11-18(21(27)29-3)19(12-8-14(23)20(26)17(9-12)28-2)24-22(32)25(11)13-4-5-15-16(10-13)31-7-6-30-15/h4-5,8-10,19,26H,6-7H2,1-3H3,(H,24,32)/t19-/m0/s1. The highest BCUT2D eigenvalue weighted by atomic mass is 35.5. The summed E-state index contributed by atoms with van der Waals surface area (Å²) in [6.07, 6.45) is 0. The van der Waals surface area contributed by atoms with Crippen LogP contribution in [-0.4, -0.2) is 43.6 Å². The molecule has 2 aliphatic heterocycles. The summed E-state index contributed by atoms with van der Waals surface area (Å²) in [6, 6.07) is 7.92. The number of carbonyl (C=O) groups excluding carboxylic acids is 1. The van der Waals surface area contributed by atoms with E-state index in [9.17, 15) is 9.90 Å². The Kier molecular flexibility index (Phi) is 6.03. The van der Waals surface area contributed by atoms with Crippen molar-refractivity contribution in [2.75, 3.05) is 32.3 Å². The Morgan fingerprint density at radius 3 is 2.62 bits per heavy atom. The Bertz CT molecular complexity index is 1140. The van der Waals surface area contributed by atoms with Gasteiger partial charge in [-0.3, -0.25) is 4.90 Å². The van der Waals surface area contributed by atoms with Gasteiger partial charge in [-0.15, -0.1) is 0 Å². The highest BCUT2D eigenvalue weighted by Crippen LogP contribution is 2.42. The number of ether oxygens (including phenoxy) is 4. The lowest BCUT2D eigenvalue weighted by atomic mass is 9.94. The number of phenolic OH excluding ortho intramolecular Hbond substituents is 1. The highest BCUT2D eigenvalue weighted by Gasteiger charge is 2.36. The average Bonchev–Trinajstić information content (AvgIpc) is 2.79. The molecular weight excluding hydrogens is 456 g/mol. The Morgan fingerprint density at radius 2 is 1.94 bits per heavy atom. The number of halogens is 1. The fraction of sp³-hybridized carbons (Fsp3) is 0.273. The molecule has 10 heteroatoms. The van der Waals surface area contributed by atoms with E-state index >= 15 is 0 Å². The fourth-order valence-corrected chi connectivity index (χ4v) is 4.34. The summed E-state index contributed by atoms with van der Waals surface area (Å²) in [5.41, 5.74) is 2.18. The predicted molar refractivity (Wildman–Crippen MR) is 123 cm³/mol. The zero-order chi connectivity index (χ0) is 23.0. The van der Waals surface area contributed by atoms with E-state index in [1.54, 1.807) is 30.0 Å². The number of nitrogens with zero attached hydrogens (tertiary/aromatic N) is 1. The van der Waals surface area contributed by atoms with Gasteiger partial charge in [0.05, 0.1) is 36.5 Å². The summed E-state index contributed by atoms with van der Waals surface area (Å²) in [5.74, 6) is 0.703. The average molecular weight is 477 g/mol. The van der Waals surface area contributed by atoms with Crippen molar-refractivity contribution in [3.63, 3.8) is 0 Å². The summed E-state index contributed by atoms with van der Waals surface area (Å²) in [7, 11) is 2.73. The quantitative estimate of drug-likeness (QED) is 0.506. The minimum absolute atomic E-state index is 0.0863. The Labute approximate surface area is 195 Å². The first-order valence-electron chi connectivity index (χ1n) is 9.71. The molecule has 1 atom stereocenters. The zero-order valence-corrected chi connectivity index (χ0v) is 19.2. The minimum Gasteiger partial charge on any atom is -0.503 e. The molecule has 0 fully saturated rings. The number of phenols is 1. The Balaban J connectivity index is 1.83. The maximum Gasteiger partial charge on any atom is 0.337 e. The van der Waals surface area contributed by atoms with Crippen LogP contribution in [-0.2, 0) is 9.53 Å². The van der Waals surface area contributed by atoms with Gasteiger partial charge < -0.3 is 29.4 Å². The molecule has 0 saturated carbocycles. The van der Waals surface area contributed by atoms with Crippen LogP contribution >= 0.6 is 23.8 Å². The van der Waals surface area contributed by atoms with Gasteiger partial charge in [-0.05, 0) is 49.0 Å². The molecule has 0 saturated heterocycles. The van der Waals surface area contributed by atoms with Crippen LogP contribution in [0.25, 0.3) is 0 Å². The molecule has 2 aromatic carbocycles. The molecule has 0 bridgehead atoms. The number of hydrogen-bond donors (Lipinski definition) is 2. The summed E-state index contributed by atoms with van der Waals surface area (Å²) in [4.78, 5) is 14.6. The second kappa shape index (κ2) is 8.76. The molecule has 8 nitrogen and oxygen atoms in total. The molecule has 2 aromatic rings. The molecular formula is C22H21ClN2O6S. The van der Waals surface area contributed by atoms with E-state index in [1.807, 2.05) is 12.1 Å². The smallest absolute Gasteiger partial charge is 0.337 e. The number of esters is 1. The third-order valence-corrected chi connectivity index (χ3v) is 5.87. The van der Waals surface area contributed by atoms with E-state index in [1.165, 1.54) is 14.2 Å². The van der Waals surface area contributed by atoms with Crippen LogP contribution in [0, 0.1) is 0 Å². The topological polar surface area (TPSA) is 89.5 Å². The number of benzene rings is 2. The van der Waals surface area contributed by atoms with Gasteiger partial charge in [0.15, 0.2) is 28.1 Å². The summed E-state index contributed by atoms with van der Waals surface area (Å²) >= 11 is 11.8. The van der Waals surface area contributed by atoms with Crippen LogP contribution in [0.1, 0.15) is 18.5 Å². The van der Waals surface area contributed by atoms with E-state index in [0.29, 0.717) is 52.3 Å². The van der Waals surface area contributed by atoms with E-state index in [2.05, 4.69) is 5.32 Å². The molecule has 0 aromatic heterocycles. The third kappa shape index (κ3) is 3.78. The van der Waals surface area contributed by atoms with E-state index in [4.69, 9.17) is 42.8 Å². The zero-order valence-electron chi connectivity index (χ0n) is 17.6. The summed E-state index contributed by atoms with van der Waals surface area (Å²) < 4.78 is 21.6. The molecule has 0 amide bonds. The number of thiocarbonyl (C=S) groups is 1. The van der Waals surface area contributed by atoms with Gasteiger partial charge in [-0.2, -0.15) is 0 Å². The normalized spacial score (nSPS) is 17.7. The molecule has 0 spiro atoms. The molecule has 32 heavy (non-hydrogen) atoms. The number of methoxy groups -OCH3 is 2. The van der Waals surface area contributed by atoms with Gasteiger partial charge in [0.2, 0.25) is 0 Å². The minimum atomic E-state index is -0.671. The first-order valence-corrected chi connectivity index (χ1v) is 10.5. The molecule has 168 valence electrons. The van der Waals surface area contributed by atoms with Gasteiger partial charge in [-0.1, -0.05) is 11.6 Å². The molecule has 0 unspecified atom stereocenters. The maximum absolute atomic E-state index is 12.8. The van der Waals surface area contributed by atoms with Crippen molar-refractivity contribution in [2.24, 2.45) is 0 Å². The fourth-order valence-electron chi connectivity index (χ4n) is 3.77. The van der Waals surface area contributed by atoms with Crippen LogP contribution in [0.5, 0.6) is 23.0 Å². The van der Waals surface area contributed by atoms with E-state index in [-0.39, 0.29) is 16.5 Å². The van der Waals surface area contributed by atoms with Crippen LogP contribution < -0.4 is 24.4 Å². The van der Waals surface area contributed by atoms with Crippen molar-refractivity contribution >= 4 is 40.6 Å².